The minimum Gasteiger partial charge on any atom is -0.507 e. The normalized spacial score (nSPS) is 10.2. The number of para-hydroxylation sites is 1. The summed E-state index contributed by atoms with van der Waals surface area (Å²) < 4.78 is 5.20. The van der Waals surface area contributed by atoms with E-state index in [1.165, 1.54) is 7.11 Å². The van der Waals surface area contributed by atoms with E-state index in [0.29, 0.717) is 16.5 Å². The van der Waals surface area contributed by atoms with E-state index in [0.717, 1.165) is 22.0 Å². The summed E-state index contributed by atoms with van der Waals surface area (Å²) in [6.07, 6.45) is 0. The van der Waals surface area contributed by atoms with Crippen LogP contribution in [0.1, 0.15) is 15.9 Å². The molecular formula is C25H23ClN2O3. The van der Waals surface area contributed by atoms with Crippen molar-refractivity contribution in [1.29, 1.82) is 0 Å². The van der Waals surface area contributed by atoms with Crippen molar-refractivity contribution in [3.8, 4) is 11.5 Å². The first-order valence-electron chi connectivity index (χ1n) is 9.57. The van der Waals surface area contributed by atoms with Gasteiger partial charge in [-0.25, -0.2) is 0 Å². The molecular weight excluding hydrogens is 412 g/mol. The molecule has 0 aliphatic heterocycles. The van der Waals surface area contributed by atoms with Crippen LogP contribution < -0.4 is 15.8 Å². The minimum absolute atomic E-state index is 0.0813. The fourth-order valence-electron chi connectivity index (χ4n) is 2.96. The number of hydrogen-bond donors (Lipinski definition) is 3. The van der Waals surface area contributed by atoms with E-state index in [2.05, 4.69) is 5.32 Å². The molecule has 31 heavy (non-hydrogen) atoms. The van der Waals surface area contributed by atoms with Gasteiger partial charge in [0.05, 0.1) is 18.4 Å². The Bertz CT molecular complexity index is 1200. The van der Waals surface area contributed by atoms with E-state index in [9.17, 15) is 9.90 Å². The lowest BCUT2D eigenvalue weighted by Gasteiger charge is -2.12. The number of benzene rings is 4. The second-order valence-electron chi connectivity index (χ2n) is 6.87. The number of methoxy groups -OCH3 is 1. The molecule has 0 saturated carbocycles. The van der Waals surface area contributed by atoms with E-state index in [1.54, 1.807) is 30.3 Å². The zero-order valence-electron chi connectivity index (χ0n) is 17.2. The fourth-order valence-corrected chi connectivity index (χ4v) is 3.14. The number of nitrogens with two attached hydrogens (primary N) is 1. The topological polar surface area (TPSA) is 84.6 Å². The van der Waals surface area contributed by atoms with E-state index in [-0.39, 0.29) is 11.3 Å². The third kappa shape index (κ3) is 5.47. The number of aryl methyl sites for hydroxylation is 1. The predicted molar refractivity (Wildman–Crippen MR) is 127 cm³/mol. The van der Waals surface area contributed by atoms with Crippen molar-refractivity contribution in [3.05, 3.63) is 95.0 Å². The first-order chi connectivity index (χ1) is 14.9. The van der Waals surface area contributed by atoms with Crippen LogP contribution in [-0.2, 0) is 0 Å². The van der Waals surface area contributed by atoms with Gasteiger partial charge < -0.3 is 20.9 Å². The Hall–Kier alpha value is -3.70. The standard InChI is InChI=1S/C18H14ClNO3.C7H9N/c1-23-17-7-6-13(19)10-15(17)20-18(22)14-8-11-4-2-3-5-12(11)9-16(14)21;1-6-4-2-3-5-7(6)8/h2-10,21H,1H3,(H,20,22);2-5H,8H2,1H3. The summed E-state index contributed by atoms with van der Waals surface area (Å²) in [5.41, 5.74) is 8.16. The zero-order chi connectivity index (χ0) is 22.4. The van der Waals surface area contributed by atoms with Gasteiger partial charge in [0.1, 0.15) is 11.5 Å². The Morgan fingerprint density at radius 2 is 1.61 bits per heavy atom. The number of nitrogen functional groups attached to an aromatic ring is 1. The lowest BCUT2D eigenvalue weighted by atomic mass is 10.1. The Labute approximate surface area is 186 Å². The number of hydrogen-bond acceptors (Lipinski definition) is 4. The SMILES string of the molecule is COc1ccc(Cl)cc1NC(=O)c1cc2ccccc2cc1O.Cc1ccccc1N. The largest absolute Gasteiger partial charge is 0.507 e. The highest BCUT2D eigenvalue weighted by atomic mass is 35.5. The van der Waals surface area contributed by atoms with Crippen LogP contribution in [-0.4, -0.2) is 18.1 Å². The monoisotopic (exact) mass is 434 g/mol. The molecule has 0 unspecified atom stereocenters. The van der Waals surface area contributed by atoms with E-state index >= 15 is 0 Å². The van der Waals surface area contributed by atoms with Gasteiger partial charge in [0.15, 0.2) is 0 Å². The summed E-state index contributed by atoms with van der Waals surface area (Å²) in [7, 11) is 1.51. The molecule has 0 aliphatic carbocycles. The molecule has 0 bridgehead atoms. The lowest BCUT2D eigenvalue weighted by molar-refractivity contribution is 0.102. The quantitative estimate of drug-likeness (QED) is 0.343. The van der Waals surface area contributed by atoms with Crippen molar-refractivity contribution in [2.45, 2.75) is 6.92 Å². The summed E-state index contributed by atoms with van der Waals surface area (Å²) in [6.45, 7) is 2.00. The van der Waals surface area contributed by atoms with Crippen LogP contribution in [0.2, 0.25) is 5.02 Å². The molecule has 0 heterocycles. The number of amides is 1. The average molecular weight is 435 g/mol. The molecule has 0 fully saturated rings. The first-order valence-corrected chi connectivity index (χ1v) is 9.94. The maximum Gasteiger partial charge on any atom is 0.259 e. The number of rotatable bonds is 3. The summed E-state index contributed by atoms with van der Waals surface area (Å²) in [5.74, 6) is -0.0287. The summed E-state index contributed by atoms with van der Waals surface area (Å²) in [5, 5.41) is 15.0. The average Bonchev–Trinajstić information content (AvgIpc) is 2.76. The van der Waals surface area contributed by atoms with Gasteiger partial charge in [-0.2, -0.15) is 0 Å². The molecule has 6 heteroatoms. The number of halogens is 1. The maximum absolute atomic E-state index is 12.5. The Balaban J connectivity index is 0.000000287. The van der Waals surface area contributed by atoms with Crippen LogP contribution in [0.5, 0.6) is 11.5 Å². The van der Waals surface area contributed by atoms with Gasteiger partial charge in [-0.05, 0) is 59.7 Å². The smallest absolute Gasteiger partial charge is 0.259 e. The molecule has 0 saturated heterocycles. The van der Waals surface area contributed by atoms with Crippen molar-refractivity contribution >= 4 is 39.7 Å². The molecule has 0 aromatic heterocycles. The van der Waals surface area contributed by atoms with Crippen LogP contribution in [0.3, 0.4) is 0 Å². The van der Waals surface area contributed by atoms with Crippen molar-refractivity contribution in [3.63, 3.8) is 0 Å². The lowest BCUT2D eigenvalue weighted by Crippen LogP contribution is -2.13. The molecule has 4 rings (SSSR count). The summed E-state index contributed by atoms with van der Waals surface area (Å²) >= 11 is 5.96. The molecule has 4 N–H and O–H groups in total. The highest BCUT2D eigenvalue weighted by Gasteiger charge is 2.15. The van der Waals surface area contributed by atoms with Gasteiger partial charge in [-0.1, -0.05) is 54.1 Å². The third-order valence-corrected chi connectivity index (χ3v) is 4.94. The van der Waals surface area contributed by atoms with Crippen molar-refractivity contribution < 1.29 is 14.6 Å². The molecule has 0 aliphatic rings. The maximum atomic E-state index is 12.5. The van der Waals surface area contributed by atoms with Crippen molar-refractivity contribution in [1.82, 2.24) is 0 Å². The molecule has 0 radical (unpaired) electrons. The van der Waals surface area contributed by atoms with Gasteiger partial charge in [-0.3, -0.25) is 4.79 Å². The number of nitrogens with one attached hydrogen (secondary N) is 1. The number of phenols is 1. The van der Waals surface area contributed by atoms with Crippen molar-refractivity contribution in [2.24, 2.45) is 0 Å². The third-order valence-electron chi connectivity index (χ3n) is 4.71. The van der Waals surface area contributed by atoms with Crippen LogP contribution >= 0.6 is 11.6 Å². The molecule has 0 spiro atoms. The number of carbonyl (C=O) groups is 1. The first kappa shape index (κ1) is 22.0. The Morgan fingerprint density at radius 1 is 0.968 bits per heavy atom. The van der Waals surface area contributed by atoms with E-state index in [4.69, 9.17) is 22.1 Å². The molecule has 158 valence electrons. The molecule has 0 atom stereocenters. The van der Waals surface area contributed by atoms with Gasteiger partial charge in [0, 0.05) is 10.7 Å². The van der Waals surface area contributed by atoms with Crippen LogP contribution in [0.25, 0.3) is 10.8 Å². The Morgan fingerprint density at radius 3 is 2.23 bits per heavy atom. The van der Waals surface area contributed by atoms with Crippen LogP contribution in [0.15, 0.2) is 78.9 Å². The second kappa shape index (κ2) is 9.87. The number of fused-ring (bicyclic) bond motifs is 1. The van der Waals surface area contributed by atoms with Crippen LogP contribution in [0.4, 0.5) is 11.4 Å². The van der Waals surface area contributed by atoms with E-state index in [1.807, 2.05) is 55.5 Å². The number of carbonyl (C=O) groups excluding carboxylic acids is 1. The van der Waals surface area contributed by atoms with Gasteiger partial charge >= 0.3 is 0 Å². The van der Waals surface area contributed by atoms with Crippen LogP contribution in [0, 0.1) is 6.92 Å². The molecule has 4 aromatic carbocycles. The molecule has 4 aromatic rings. The summed E-state index contributed by atoms with van der Waals surface area (Å²) in [4.78, 5) is 12.5. The predicted octanol–water partition coefficient (Wildman–Crippen LogP) is 6.04. The van der Waals surface area contributed by atoms with Gasteiger partial charge in [-0.15, -0.1) is 0 Å². The number of phenolic OH excluding ortho intramolecular Hbond substituents is 1. The van der Waals surface area contributed by atoms with Crippen molar-refractivity contribution in [2.75, 3.05) is 18.2 Å². The second-order valence-corrected chi connectivity index (χ2v) is 7.31. The number of ether oxygens (including phenoxy) is 1. The highest BCUT2D eigenvalue weighted by Crippen LogP contribution is 2.30. The number of anilines is 2. The van der Waals surface area contributed by atoms with Gasteiger partial charge in [0.25, 0.3) is 5.91 Å². The Kier molecular flexibility index (Phi) is 7.00. The highest BCUT2D eigenvalue weighted by molar-refractivity contribution is 6.31. The zero-order valence-corrected chi connectivity index (χ0v) is 18.0. The molecule has 1 amide bonds. The fraction of sp³-hybridized carbons (Fsp3) is 0.0800. The minimum atomic E-state index is -0.436. The van der Waals surface area contributed by atoms with Gasteiger partial charge in [0.2, 0.25) is 0 Å². The molecule has 5 nitrogen and oxygen atoms in total. The number of aromatic hydroxyl groups is 1. The summed E-state index contributed by atoms with van der Waals surface area (Å²) in [6, 6.07) is 23.5. The van der Waals surface area contributed by atoms with E-state index < -0.39 is 5.91 Å².